The molecular formula is C14H13ClN2O3. The van der Waals surface area contributed by atoms with Gasteiger partial charge in [-0.3, -0.25) is 10.1 Å². The number of hydrogen-bond acceptors (Lipinski definition) is 4. The number of non-ortho nitro benzene ring substituents is 1. The van der Waals surface area contributed by atoms with Gasteiger partial charge in [0, 0.05) is 18.7 Å². The molecule has 0 bridgehead atoms. The first kappa shape index (κ1) is 14.3. The van der Waals surface area contributed by atoms with Crippen molar-refractivity contribution in [1.82, 2.24) is 0 Å². The van der Waals surface area contributed by atoms with Crippen LogP contribution in [0.4, 0.5) is 11.4 Å². The minimum atomic E-state index is -0.771. The number of nitro groups is 1. The molecule has 104 valence electrons. The van der Waals surface area contributed by atoms with E-state index in [9.17, 15) is 15.2 Å². The third-order valence-electron chi connectivity index (χ3n) is 2.85. The molecule has 2 rings (SSSR count). The third-order valence-corrected chi connectivity index (χ3v) is 3.18. The molecule has 0 amide bonds. The lowest BCUT2D eigenvalue weighted by molar-refractivity contribution is -0.384. The highest BCUT2D eigenvalue weighted by Crippen LogP contribution is 2.22. The number of anilines is 1. The minimum Gasteiger partial charge on any atom is -0.387 e. The van der Waals surface area contributed by atoms with Gasteiger partial charge in [0.1, 0.15) is 0 Å². The second-order valence-corrected chi connectivity index (χ2v) is 4.63. The van der Waals surface area contributed by atoms with Crippen LogP contribution in [0.15, 0.2) is 48.5 Å². The monoisotopic (exact) mass is 292 g/mol. The molecule has 2 aromatic rings. The van der Waals surface area contributed by atoms with Crippen LogP contribution in [0.25, 0.3) is 0 Å². The Hall–Kier alpha value is -2.11. The van der Waals surface area contributed by atoms with Gasteiger partial charge in [-0.15, -0.1) is 0 Å². The molecule has 0 fully saturated rings. The summed E-state index contributed by atoms with van der Waals surface area (Å²) in [5, 5.41) is 24.2. The lowest BCUT2D eigenvalue weighted by atomic mass is 10.1. The van der Waals surface area contributed by atoms with Crippen molar-refractivity contribution in [2.24, 2.45) is 0 Å². The average molecular weight is 293 g/mol. The van der Waals surface area contributed by atoms with Gasteiger partial charge >= 0.3 is 0 Å². The van der Waals surface area contributed by atoms with Gasteiger partial charge < -0.3 is 10.4 Å². The molecule has 6 heteroatoms. The fourth-order valence-corrected chi connectivity index (χ4v) is 1.95. The lowest BCUT2D eigenvalue weighted by Gasteiger charge is -2.13. The minimum absolute atomic E-state index is 0.0000120. The standard InChI is InChI=1S/C14H13ClN2O3/c15-12-3-1-2-4-13(12)16-9-14(18)10-5-7-11(8-6-10)17(19)20/h1-8,14,16,18H,9H2. The van der Waals surface area contributed by atoms with E-state index >= 15 is 0 Å². The molecule has 0 heterocycles. The normalized spacial score (nSPS) is 11.9. The molecule has 1 unspecified atom stereocenters. The highest BCUT2D eigenvalue weighted by molar-refractivity contribution is 6.33. The van der Waals surface area contributed by atoms with Crippen molar-refractivity contribution in [1.29, 1.82) is 0 Å². The van der Waals surface area contributed by atoms with Crippen molar-refractivity contribution in [2.75, 3.05) is 11.9 Å². The maximum absolute atomic E-state index is 10.5. The summed E-state index contributed by atoms with van der Waals surface area (Å²) in [5.74, 6) is 0. The highest BCUT2D eigenvalue weighted by Gasteiger charge is 2.10. The SMILES string of the molecule is O=[N+]([O-])c1ccc(C(O)CNc2ccccc2Cl)cc1. The number of benzene rings is 2. The van der Waals surface area contributed by atoms with E-state index < -0.39 is 11.0 Å². The number of para-hydroxylation sites is 1. The molecule has 0 spiro atoms. The van der Waals surface area contributed by atoms with Crippen LogP contribution in [0, 0.1) is 10.1 Å². The molecule has 0 radical (unpaired) electrons. The summed E-state index contributed by atoms with van der Waals surface area (Å²) >= 11 is 5.99. The van der Waals surface area contributed by atoms with Gasteiger partial charge in [0.15, 0.2) is 0 Å². The zero-order valence-electron chi connectivity index (χ0n) is 10.5. The molecule has 0 saturated heterocycles. The Morgan fingerprint density at radius 1 is 1.20 bits per heavy atom. The number of nitrogens with zero attached hydrogens (tertiary/aromatic N) is 1. The fourth-order valence-electron chi connectivity index (χ4n) is 1.75. The van der Waals surface area contributed by atoms with E-state index in [1.165, 1.54) is 24.3 Å². The van der Waals surface area contributed by atoms with E-state index in [4.69, 9.17) is 11.6 Å². The molecule has 0 aliphatic carbocycles. The van der Waals surface area contributed by atoms with Gasteiger partial charge in [0.05, 0.1) is 21.7 Å². The smallest absolute Gasteiger partial charge is 0.269 e. The Kier molecular flexibility index (Phi) is 4.55. The van der Waals surface area contributed by atoms with Crippen molar-refractivity contribution in [2.45, 2.75) is 6.10 Å². The molecular weight excluding hydrogens is 280 g/mol. The second kappa shape index (κ2) is 6.36. The molecule has 0 aromatic heterocycles. The third kappa shape index (κ3) is 3.46. The van der Waals surface area contributed by atoms with E-state index in [1.807, 2.05) is 18.2 Å². The Labute approximate surface area is 121 Å². The maximum atomic E-state index is 10.5. The topological polar surface area (TPSA) is 75.4 Å². The molecule has 20 heavy (non-hydrogen) atoms. The quantitative estimate of drug-likeness (QED) is 0.654. The maximum Gasteiger partial charge on any atom is 0.269 e. The van der Waals surface area contributed by atoms with Crippen LogP contribution >= 0.6 is 11.6 Å². The summed E-state index contributed by atoms with van der Waals surface area (Å²) in [6, 6.07) is 13.0. The van der Waals surface area contributed by atoms with Crippen molar-refractivity contribution < 1.29 is 10.0 Å². The average Bonchev–Trinajstić information content (AvgIpc) is 2.46. The molecule has 1 atom stereocenters. The van der Waals surface area contributed by atoms with Gasteiger partial charge in [0.25, 0.3) is 5.69 Å². The van der Waals surface area contributed by atoms with Gasteiger partial charge in [-0.2, -0.15) is 0 Å². The van der Waals surface area contributed by atoms with Crippen LogP contribution in [0.3, 0.4) is 0 Å². The molecule has 5 nitrogen and oxygen atoms in total. The van der Waals surface area contributed by atoms with E-state index in [1.54, 1.807) is 6.07 Å². The number of hydrogen-bond donors (Lipinski definition) is 2. The Morgan fingerprint density at radius 3 is 2.45 bits per heavy atom. The van der Waals surface area contributed by atoms with Crippen molar-refractivity contribution in [3.63, 3.8) is 0 Å². The number of aliphatic hydroxyl groups excluding tert-OH is 1. The Bertz CT molecular complexity index is 602. The zero-order valence-corrected chi connectivity index (χ0v) is 11.2. The predicted molar refractivity (Wildman–Crippen MR) is 78.0 cm³/mol. The predicted octanol–water partition coefficient (Wildman–Crippen LogP) is 3.39. The zero-order chi connectivity index (χ0) is 14.5. The Morgan fingerprint density at radius 2 is 1.85 bits per heavy atom. The summed E-state index contributed by atoms with van der Waals surface area (Å²) < 4.78 is 0. The van der Waals surface area contributed by atoms with Crippen LogP contribution in [-0.4, -0.2) is 16.6 Å². The largest absolute Gasteiger partial charge is 0.387 e. The number of rotatable bonds is 5. The van der Waals surface area contributed by atoms with Crippen LogP contribution in [0.5, 0.6) is 0 Å². The lowest BCUT2D eigenvalue weighted by Crippen LogP contribution is -2.12. The van der Waals surface area contributed by atoms with Crippen LogP contribution in [0.1, 0.15) is 11.7 Å². The van der Waals surface area contributed by atoms with Gasteiger partial charge in [0.2, 0.25) is 0 Å². The molecule has 2 N–H and O–H groups in total. The summed E-state index contributed by atoms with van der Waals surface area (Å²) in [7, 11) is 0. The van der Waals surface area contributed by atoms with Crippen LogP contribution in [-0.2, 0) is 0 Å². The number of nitro benzene ring substituents is 1. The second-order valence-electron chi connectivity index (χ2n) is 4.23. The number of nitrogens with one attached hydrogen (secondary N) is 1. The van der Waals surface area contributed by atoms with Crippen LogP contribution in [0.2, 0.25) is 5.02 Å². The first-order valence-corrected chi connectivity index (χ1v) is 6.36. The van der Waals surface area contributed by atoms with E-state index in [0.29, 0.717) is 10.6 Å². The first-order chi connectivity index (χ1) is 9.58. The Balaban J connectivity index is 2.00. The number of halogens is 1. The summed E-state index contributed by atoms with van der Waals surface area (Å²) in [6.07, 6.45) is -0.771. The highest BCUT2D eigenvalue weighted by atomic mass is 35.5. The van der Waals surface area contributed by atoms with Crippen molar-refractivity contribution in [3.05, 3.63) is 69.2 Å². The van der Waals surface area contributed by atoms with E-state index in [2.05, 4.69) is 5.32 Å². The first-order valence-electron chi connectivity index (χ1n) is 5.99. The van der Waals surface area contributed by atoms with Crippen molar-refractivity contribution >= 4 is 23.0 Å². The summed E-state index contributed by atoms with van der Waals surface area (Å²) in [5.41, 5.74) is 1.34. The summed E-state index contributed by atoms with van der Waals surface area (Å²) in [4.78, 5) is 10.1. The van der Waals surface area contributed by atoms with Gasteiger partial charge in [-0.25, -0.2) is 0 Å². The summed E-state index contributed by atoms with van der Waals surface area (Å²) in [6.45, 7) is 0.265. The van der Waals surface area contributed by atoms with Crippen LogP contribution < -0.4 is 5.32 Å². The van der Waals surface area contributed by atoms with Crippen molar-refractivity contribution in [3.8, 4) is 0 Å². The fraction of sp³-hybridized carbons (Fsp3) is 0.143. The van der Waals surface area contributed by atoms with Gasteiger partial charge in [-0.05, 0) is 29.8 Å². The molecule has 0 aliphatic rings. The van der Waals surface area contributed by atoms with E-state index in [0.717, 1.165) is 5.69 Å². The molecule has 0 saturated carbocycles. The number of aliphatic hydroxyl groups is 1. The molecule has 0 aliphatic heterocycles. The van der Waals surface area contributed by atoms with E-state index in [-0.39, 0.29) is 12.2 Å². The van der Waals surface area contributed by atoms with Gasteiger partial charge in [-0.1, -0.05) is 23.7 Å². The molecule has 2 aromatic carbocycles.